The summed E-state index contributed by atoms with van der Waals surface area (Å²) in [6.45, 7) is 3.40. The molecule has 0 saturated carbocycles. The van der Waals surface area contributed by atoms with E-state index in [2.05, 4.69) is 14.7 Å². The summed E-state index contributed by atoms with van der Waals surface area (Å²) in [4.78, 5) is 13.3. The minimum atomic E-state index is -0.880. The van der Waals surface area contributed by atoms with Crippen molar-refractivity contribution >= 4 is 11.6 Å². The fraction of sp³-hybridized carbons (Fsp3) is 0.273. The van der Waals surface area contributed by atoms with Crippen LogP contribution in [-0.4, -0.2) is 10.1 Å². The molecular weight excluding hydrogens is 247 g/mol. The maximum absolute atomic E-state index is 13.8. The van der Waals surface area contributed by atoms with Crippen molar-refractivity contribution in [3.05, 3.63) is 51.0 Å². The Kier molecular flexibility index (Phi) is 2.79. The maximum Gasteiger partial charge on any atom is 0.438 e. The van der Waals surface area contributed by atoms with Gasteiger partial charge in [0.1, 0.15) is 5.82 Å². The first-order valence-electron chi connectivity index (χ1n) is 4.94. The van der Waals surface area contributed by atoms with E-state index in [1.807, 2.05) is 0 Å². The molecule has 0 fully saturated rings. The van der Waals surface area contributed by atoms with E-state index in [1.54, 1.807) is 19.9 Å². The lowest BCUT2D eigenvalue weighted by atomic mass is 9.83. The quantitative estimate of drug-likeness (QED) is 0.898. The Bertz CT molecular complexity index is 583. The predicted molar refractivity (Wildman–Crippen MR) is 60.7 cm³/mol. The average molecular weight is 257 g/mol. The number of rotatable bonds is 2. The third-order valence-electron chi connectivity index (χ3n) is 2.62. The van der Waals surface area contributed by atoms with Crippen molar-refractivity contribution in [3.63, 3.8) is 0 Å². The summed E-state index contributed by atoms with van der Waals surface area (Å²) in [6.07, 6.45) is 0. The van der Waals surface area contributed by atoms with E-state index in [4.69, 9.17) is 11.6 Å². The fourth-order valence-corrected chi connectivity index (χ4v) is 2.11. The zero-order valence-corrected chi connectivity index (χ0v) is 10.0. The maximum atomic E-state index is 13.8. The van der Waals surface area contributed by atoms with Crippen LogP contribution in [0.25, 0.3) is 0 Å². The molecule has 1 aromatic carbocycles. The molecule has 0 aliphatic rings. The van der Waals surface area contributed by atoms with Crippen LogP contribution in [-0.2, 0) is 5.41 Å². The van der Waals surface area contributed by atoms with Crippen LogP contribution >= 0.6 is 11.6 Å². The summed E-state index contributed by atoms with van der Waals surface area (Å²) < 4.78 is 18.2. The van der Waals surface area contributed by atoms with Crippen LogP contribution in [0.5, 0.6) is 0 Å². The Balaban J connectivity index is 2.63. The molecular formula is C11H10ClFN2O2. The largest absolute Gasteiger partial charge is 0.438 e. The Morgan fingerprint density at radius 2 is 2.18 bits per heavy atom. The molecule has 17 heavy (non-hydrogen) atoms. The second-order valence-corrected chi connectivity index (χ2v) is 4.57. The van der Waals surface area contributed by atoms with Crippen molar-refractivity contribution in [3.8, 4) is 0 Å². The third-order valence-corrected chi connectivity index (χ3v) is 2.94. The lowest BCUT2D eigenvalue weighted by Gasteiger charge is -2.23. The van der Waals surface area contributed by atoms with Crippen LogP contribution in [0.2, 0.25) is 5.02 Å². The van der Waals surface area contributed by atoms with Gasteiger partial charge < -0.3 is 0 Å². The molecule has 0 bridgehead atoms. The molecule has 6 heteroatoms. The summed E-state index contributed by atoms with van der Waals surface area (Å²) in [5.74, 6) is -0.901. The van der Waals surface area contributed by atoms with Crippen molar-refractivity contribution in [1.29, 1.82) is 0 Å². The number of aromatic nitrogens is 2. The van der Waals surface area contributed by atoms with Gasteiger partial charge in [-0.3, -0.25) is 9.51 Å². The van der Waals surface area contributed by atoms with Crippen molar-refractivity contribution in [2.75, 3.05) is 0 Å². The molecule has 0 unspecified atom stereocenters. The van der Waals surface area contributed by atoms with Crippen molar-refractivity contribution < 1.29 is 8.91 Å². The average Bonchev–Trinajstić information content (AvgIpc) is 2.64. The number of benzene rings is 1. The van der Waals surface area contributed by atoms with Gasteiger partial charge in [-0.2, -0.15) is 0 Å². The zero-order valence-electron chi connectivity index (χ0n) is 9.25. The predicted octanol–water partition coefficient (Wildman–Crippen LogP) is 2.48. The number of hydrogen-bond donors (Lipinski definition) is 1. The fourth-order valence-electron chi connectivity index (χ4n) is 1.71. The van der Waals surface area contributed by atoms with Gasteiger partial charge in [0.25, 0.3) is 0 Å². The summed E-state index contributed by atoms with van der Waals surface area (Å²) in [6, 6.07) is 4.41. The first-order valence-corrected chi connectivity index (χ1v) is 5.31. The normalized spacial score (nSPS) is 11.8. The van der Waals surface area contributed by atoms with E-state index in [9.17, 15) is 9.18 Å². The highest BCUT2D eigenvalue weighted by atomic mass is 35.5. The number of H-pyrrole nitrogens is 1. The highest BCUT2D eigenvalue weighted by Crippen LogP contribution is 2.35. The minimum absolute atomic E-state index is 0.231. The minimum Gasteiger partial charge on any atom is -0.296 e. The Morgan fingerprint density at radius 1 is 1.47 bits per heavy atom. The van der Waals surface area contributed by atoms with Crippen LogP contribution in [0.15, 0.2) is 27.5 Å². The smallest absolute Gasteiger partial charge is 0.296 e. The van der Waals surface area contributed by atoms with Crippen LogP contribution in [0.1, 0.15) is 25.2 Å². The van der Waals surface area contributed by atoms with Crippen LogP contribution in [0.4, 0.5) is 4.39 Å². The number of nitrogens with zero attached hydrogens (tertiary/aromatic N) is 1. The molecule has 1 N–H and O–H groups in total. The number of halogens is 2. The van der Waals surface area contributed by atoms with Crippen molar-refractivity contribution in [2.24, 2.45) is 0 Å². The topological polar surface area (TPSA) is 58.9 Å². The molecule has 0 spiro atoms. The lowest BCUT2D eigenvalue weighted by Crippen LogP contribution is -2.23. The van der Waals surface area contributed by atoms with E-state index in [-0.39, 0.29) is 16.4 Å². The standard InChI is InChI=1S/C11H10ClFN2O2/c1-11(2,9-14-10(16)17-15-9)8-6(12)4-3-5-7(8)13/h3-5H,1-2H3,(H,14,15,16). The number of hydrogen-bond acceptors (Lipinski definition) is 3. The van der Waals surface area contributed by atoms with Gasteiger partial charge in [0.05, 0.1) is 5.41 Å². The van der Waals surface area contributed by atoms with Gasteiger partial charge in [0, 0.05) is 10.6 Å². The van der Waals surface area contributed by atoms with Gasteiger partial charge >= 0.3 is 5.76 Å². The first-order chi connectivity index (χ1) is 7.93. The SMILES string of the molecule is CC(C)(c1noc(=O)[nH]1)c1c(F)cccc1Cl. The monoisotopic (exact) mass is 256 g/mol. The summed E-state index contributed by atoms with van der Waals surface area (Å²) in [5.41, 5.74) is -0.611. The molecule has 0 amide bonds. The number of aromatic amines is 1. The van der Waals surface area contributed by atoms with Gasteiger partial charge in [-0.05, 0) is 26.0 Å². The Morgan fingerprint density at radius 3 is 2.71 bits per heavy atom. The molecule has 2 rings (SSSR count). The van der Waals surface area contributed by atoms with Gasteiger partial charge in [0.15, 0.2) is 5.82 Å². The second kappa shape index (κ2) is 4.00. The van der Waals surface area contributed by atoms with E-state index in [0.717, 1.165) is 0 Å². The molecule has 90 valence electrons. The van der Waals surface area contributed by atoms with Gasteiger partial charge in [-0.15, -0.1) is 0 Å². The van der Waals surface area contributed by atoms with Crippen molar-refractivity contribution in [2.45, 2.75) is 19.3 Å². The number of nitrogens with one attached hydrogen (secondary N) is 1. The Labute approximate surface area is 101 Å². The molecule has 1 heterocycles. The molecule has 0 atom stereocenters. The van der Waals surface area contributed by atoms with E-state index >= 15 is 0 Å². The lowest BCUT2D eigenvalue weighted by molar-refractivity contribution is 0.371. The summed E-state index contributed by atoms with van der Waals surface area (Å²) >= 11 is 5.98. The summed E-state index contributed by atoms with van der Waals surface area (Å²) in [5, 5.41) is 3.85. The molecule has 2 aromatic rings. The van der Waals surface area contributed by atoms with Crippen LogP contribution in [0, 0.1) is 5.82 Å². The van der Waals surface area contributed by atoms with E-state index < -0.39 is 17.0 Å². The molecule has 1 aromatic heterocycles. The zero-order chi connectivity index (χ0) is 12.6. The summed E-state index contributed by atoms with van der Waals surface area (Å²) in [7, 11) is 0. The van der Waals surface area contributed by atoms with Gasteiger partial charge in [-0.1, -0.05) is 22.8 Å². The van der Waals surface area contributed by atoms with E-state index in [1.165, 1.54) is 12.1 Å². The molecule has 4 nitrogen and oxygen atoms in total. The van der Waals surface area contributed by atoms with Gasteiger partial charge in [0.2, 0.25) is 0 Å². The Hall–Kier alpha value is -1.62. The molecule has 0 aliphatic heterocycles. The molecule has 0 radical (unpaired) electrons. The van der Waals surface area contributed by atoms with E-state index in [0.29, 0.717) is 0 Å². The first kappa shape index (κ1) is 11.9. The van der Waals surface area contributed by atoms with Crippen LogP contribution < -0.4 is 5.76 Å². The van der Waals surface area contributed by atoms with Crippen molar-refractivity contribution in [1.82, 2.24) is 10.1 Å². The third kappa shape index (κ3) is 1.98. The molecule has 0 aliphatic carbocycles. The highest BCUT2D eigenvalue weighted by molar-refractivity contribution is 6.31. The van der Waals surface area contributed by atoms with Crippen LogP contribution in [0.3, 0.4) is 0 Å². The molecule has 0 saturated heterocycles. The van der Waals surface area contributed by atoms with Gasteiger partial charge in [-0.25, -0.2) is 9.18 Å². The highest BCUT2D eigenvalue weighted by Gasteiger charge is 2.32. The second-order valence-electron chi connectivity index (χ2n) is 4.17.